The highest BCUT2D eigenvalue weighted by molar-refractivity contribution is 6.31. The Balaban J connectivity index is 1.35. The number of piperidine rings is 2. The Hall–Kier alpha value is -1.91. The predicted molar refractivity (Wildman–Crippen MR) is 115 cm³/mol. The molecule has 2 heterocycles. The third-order valence-corrected chi connectivity index (χ3v) is 6.74. The van der Waals surface area contributed by atoms with E-state index in [1.807, 2.05) is 0 Å². The van der Waals surface area contributed by atoms with Gasteiger partial charge in [-0.05, 0) is 54.9 Å². The van der Waals surface area contributed by atoms with Crippen molar-refractivity contribution in [3.05, 3.63) is 70.5 Å². The summed E-state index contributed by atoms with van der Waals surface area (Å²) in [6.07, 6.45) is 4.59. The lowest BCUT2D eigenvalue weighted by molar-refractivity contribution is -0.137. The fourth-order valence-electron chi connectivity index (χ4n) is 4.85. The summed E-state index contributed by atoms with van der Waals surface area (Å²) in [7, 11) is 0. The van der Waals surface area contributed by atoms with Crippen LogP contribution in [-0.4, -0.2) is 47.9 Å². The first-order valence-corrected chi connectivity index (χ1v) is 11.0. The van der Waals surface area contributed by atoms with Crippen LogP contribution in [0.1, 0.15) is 30.4 Å². The fraction of sp³-hybridized carbons (Fsp3) is 0.458. The largest absolute Gasteiger partial charge is 0.339 e. The van der Waals surface area contributed by atoms with Gasteiger partial charge < -0.3 is 9.80 Å². The highest BCUT2D eigenvalue weighted by atomic mass is 35.5. The molecule has 0 unspecified atom stereocenters. The Morgan fingerprint density at radius 2 is 1.93 bits per heavy atom. The van der Waals surface area contributed by atoms with Crippen LogP contribution in [0.3, 0.4) is 0 Å². The second kappa shape index (κ2) is 9.27. The van der Waals surface area contributed by atoms with Gasteiger partial charge in [0.25, 0.3) is 0 Å². The number of hydrogen-bond donors (Lipinski definition) is 0. The van der Waals surface area contributed by atoms with Crippen LogP contribution in [0.5, 0.6) is 0 Å². The van der Waals surface area contributed by atoms with Crippen molar-refractivity contribution in [1.29, 1.82) is 0 Å². The molecule has 1 amide bonds. The zero-order chi connectivity index (χ0) is 20.2. The molecule has 2 atom stereocenters. The zero-order valence-corrected chi connectivity index (χ0v) is 17.5. The van der Waals surface area contributed by atoms with Gasteiger partial charge in [-0.1, -0.05) is 48.0 Å². The molecule has 0 saturated carbocycles. The molecule has 5 heteroatoms. The monoisotopic (exact) mass is 414 g/mol. The van der Waals surface area contributed by atoms with Gasteiger partial charge >= 0.3 is 0 Å². The van der Waals surface area contributed by atoms with Crippen molar-refractivity contribution in [1.82, 2.24) is 9.80 Å². The summed E-state index contributed by atoms with van der Waals surface area (Å²) in [6.45, 7) is 4.00. The molecule has 2 aliphatic rings. The minimum absolute atomic E-state index is 0.117. The Labute approximate surface area is 177 Å². The zero-order valence-electron chi connectivity index (χ0n) is 16.7. The maximum Gasteiger partial charge on any atom is 0.227 e. The van der Waals surface area contributed by atoms with E-state index >= 15 is 0 Å². The summed E-state index contributed by atoms with van der Waals surface area (Å²) in [5.41, 5.74) is 2.09. The Kier molecular flexibility index (Phi) is 6.51. The summed E-state index contributed by atoms with van der Waals surface area (Å²) in [5.74, 6) is 0.291. The van der Waals surface area contributed by atoms with E-state index in [4.69, 9.17) is 11.6 Å². The number of nitrogens with zero attached hydrogens (tertiary/aromatic N) is 2. The summed E-state index contributed by atoms with van der Waals surface area (Å²) in [4.78, 5) is 17.6. The molecule has 0 spiro atoms. The maximum atomic E-state index is 13.3. The van der Waals surface area contributed by atoms with Crippen LogP contribution in [0.2, 0.25) is 5.02 Å². The van der Waals surface area contributed by atoms with Crippen molar-refractivity contribution in [3.8, 4) is 0 Å². The van der Waals surface area contributed by atoms with Gasteiger partial charge in [0.15, 0.2) is 0 Å². The van der Waals surface area contributed by atoms with Crippen LogP contribution in [-0.2, 0) is 17.6 Å². The van der Waals surface area contributed by atoms with Gasteiger partial charge in [-0.3, -0.25) is 4.79 Å². The lowest BCUT2D eigenvalue weighted by Gasteiger charge is -2.47. The quantitative estimate of drug-likeness (QED) is 0.715. The molecule has 2 saturated heterocycles. The predicted octanol–water partition coefficient (Wildman–Crippen LogP) is 4.58. The van der Waals surface area contributed by atoms with Gasteiger partial charge in [-0.25, -0.2) is 4.39 Å². The van der Waals surface area contributed by atoms with Gasteiger partial charge in [-0.2, -0.15) is 0 Å². The van der Waals surface area contributed by atoms with E-state index in [0.717, 1.165) is 45.4 Å². The molecule has 2 aromatic carbocycles. The minimum atomic E-state index is -0.368. The molecule has 154 valence electrons. The smallest absolute Gasteiger partial charge is 0.227 e. The van der Waals surface area contributed by atoms with E-state index < -0.39 is 0 Å². The number of halogens is 2. The van der Waals surface area contributed by atoms with Crippen LogP contribution in [0.15, 0.2) is 48.5 Å². The minimum Gasteiger partial charge on any atom is -0.339 e. The van der Waals surface area contributed by atoms with Crippen molar-refractivity contribution in [3.63, 3.8) is 0 Å². The van der Waals surface area contributed by atoms with Crippen LogP contribution in [0.4, 0.5) is 4.39 Å². The molecule has 29 heavy (non-hydrogen) atoms. The van der Waals surface area contributed by atoms with Crippen LogP contribution < -0.4 is 0 Å². The number of rotatable bonds is 5. The van der Waals surface area contributed by atoms with Gasteiger partial charge in [0.1, 0.15) is 5.82 Å². The van der Waals surface area contributed by atoms with Crippen molar-refractivity contribution < 1.29 is 9.18 Å². The SMILES string of the molecule is O=C(Cc1ccc(F)cc1Cl)N1CCC[C@@H]2CN(CCc3ccccc3)CC[C@@H]21. The highest BCUT2D eigenvalue weighted by Gasteiger charge is 2.37. The number of likely N-dealkylation sites (tertiary alicyclic amines) is 2. The topological polar surface area (TPSA) is 23.6 Å². The average molecular weight is 415 g/mol. The molecule has 2 fully saturated rings. The number of fused-ring (bicyclic) bond motifs is 1. The summed E-state index contributed by atoms with van der Waals surface area (Å²) in [5, 5.41) is 0.336. The maximum absolute atomic E-state index is 13.3. The molecule has 3 nitrogen and oxygen atoms in total. The molecule has 0 radical (unpaired) electrons. The Morgan fingerprint density at radius 3 is 2.72 bits per heavy atom. The highest BCUT2D eigenvalue weighted by Crippen LogP contribution is 2.31. The Morgan fingerprint density at radius 1 is 1.10 bits per heavy atom. The molecule has 2 aliphatic heterocycles. The van der Waals surface area contributed by atoms with Crippen LogP contribution in [0.25, 0.3) is 0 Å². The number of amides is 1. The van der Waals surface area contributed by atoms with Crippen LogP contribution in [0, 0.1) is 11.7 Å². The van der Waals surface area contributed by atoms with Crippen molar-refractivity contribution in [2.45, 2.75) is 38.1 Å². The summed E-state index contributed by atoms with van der Waals surface area (Å²) in [6, 6.07) is 15.2. The van der Waals surface area contributed by atoms with Gasteiger partial charge in [0.05, 0.1) is 6.42 Å². The molecular weight excluding hydrogens is 387 g/mol. The van der Waals surface area contributed by atoms with Crippen LogP contribution >= 0.6 is 11.6 Å². The lowest BCUT2D eigenvalue weighted by atomic mass is 9.83. The third-order valence-electron chi connectivity index (χ3n) is 6.39. The second-order valence-corrected chi connectivity index (χ2v) is 8.70. The fourth-order valence-corrected chi connectivity index (χ4v) is 5.09. The summed E-state index contributed by atoms with van der Waals surface area (Å²) >= 11 is 6.14. The second-order valence-electron chi connectivity index (χ2n) is 8.29. The molecule has 0 aromatic heterocycles. The van der Waals surface area contributed by atoms with Crippen molar-refractivity contribution >= 4 is 17.5 Å². The standard InChI is InChI=1S/C24H28ClFN2O/c25-22-16-21(26)9-8-19(22)15-24(29)28-12-4-7-20-17-27(14-11-23(20)28)13-10-18-5-2-1-3-6-18/h1-3,5-6,8-9,16,20,23H,4,7,10-15,17H2/t20-,23+/m1/s1. The number of carbonyl (C=O) groups is 1. The molecule has 0 aliphatic carbocycles. The Bertz CT molecular complexity index is 844. The van der Waals surface area contributed by atoms with Crippen molar-refractivity contribution in [2.75, 3.05) is 26.2 Å². The van der Waals surface area contributed by atoms with Gasteiger partial charge in [0, 0.05) is 37.2 Å². The van der Waals surface area contributed by atoms with E-state index in [9.17, 15) is 9.18 Å². The first kappa shape index (κ1) is 20.4. The number of benzene rings is 2. The molecular formula is C24H28ClFN2O. The van der Waals surface area contributed by atoms with E-state index in [0.29, 0.717) is 22.5 Å². The molecule has 2 aromatic rings. The average Bonchev–Trinajstić information content (AvgIpc) is 2.74. The third kappa shape index (κ3) is 4.99. The van der Waals surface area contributed by atoms with Gasteiger partial charge in [0.2, 0.25) is 5.91 Å². The first-order chi connectivity index (χ1) is 14.1. The molecule has 4 rings (SSSR count). The van der Waals surface area contributed by atoms with E-state index in [1.54, 1.807) is 6.07 Å². The summed E-state index contributed by atoms with van der Waals surface area (Å²) < 4.78 is 13.3. The molecule has 0 bridgehead atoms. The lowest BCUT2D eigenvalue weighted by Crippen LogP contribution is -2.56. The first-order valence-electron chi connectivity index (χ1n) is 10.6. The van der Waals surface area contributed by atoms with E-state index in [-0.39, 0.29) is 18.1 Å². The van der Waals surface area contributed by atoms with Gasteiger partial charge in [-0.15, -0.1) is 0 Å². The number of hydrogen-bond acceptors (Lipinski definition) is 2. The molecule has 0 N–H and O–H groups in total. The van der Waals surface area contributed by atoms with E-state index in [2.05, 4.69) is 40.1 Å². The van der Waals surface area contributed by atoms with Crippen molar-refractivity contribution in [2.24, 2.45) is 5.92 Å². The normalized spacial score (nSPS) is 22.3. The van der Waals surface area contributed by atoms with E-state index in [1.165, 1.54) is 24.1 Å². The number of carbonyl (C=O) groups excluding carboxylic acids is 1.